The summed E-state index contributed by atoms with van der Waals surface area (Å²) in [5, 5.41) is 0. The van der Waals surface area contributed by atoms with Gasteiger partial charge in [0.05, 0.1) is 7.11 Å². The van der Waals surface area contributed by atoms with Crippen LogP contribution in [0.25, 0.3) is 0 Å². The van der Waals surface area contributed by atoms with Crippen LogP contribution in [0.2, 0.25) is 0 Å². The lowest BCUT2D eigenvalue weighted by Crippen LogP contribution is -2.19. The molecule has 1 aromatic rings. The van der Waals surface area contributed by atoms with Gasteiger partial charge < -0.3 is 9.47 Å². The Hall–Kier alpha value is -0.420. The van der Waals surface area contributed by atoms with Crippen LogP contribution in [-0.4, -0.2) is 44.6 Å². The van der Waals surface area contributed by atoms with E-state index in [0.29, 0.717) is 4.90 Å². The molecule has 0 amide bonds. The van der Waals surface area contributed by atoms with E-state index in [1.807, 2.05) is 0 Å². The maximum Gasteiger partial charge on any atom is 0.513 e. The number of carbonyl (C=O) groups excluding carboxylic acids is 1. The highest BCUT2D eigenvalue weighted by Gasteiger charge is 2.25. The van der Waals surface area contributed by atoms with E-state index in [-0.39, 0.29) is 5.75 Å². The lowest BCUT2D eigenvalue weighted by Gasteiger charge is -2.29. The number of rotatable bonds is 6. The van der Waals surface area contributed by atoms with Crippen molar-refractivity contribution in [2.24, 2.45) is 0 Å². The molecular formula is C12H15Cl3O7S2. The van der Waals surface area contributed by atoms with Gasteiger partial charge in [0.1, 0.15) is 12.4 Å². The fourth-order valence-electron chi connectivity index (χ4n) is 1.38. The van der Waals surface area contributed by atoms with Gasteiger partial charge in [0, 0.05) is 4.90 Å². The van der Waals surface area contributed by atoms with Crippen molar-refractivity contribution in [1.29, 1.82) is 0 Å². The highest BCUT2D eigenvalue weighted by Crippen LogP contribution is 2.51. The minimum Gasteiger partial charge on any atom is -0.429 e. The molecule has 0 aliphatic rings. The molecule has 0 atom stereocenters. The predicted molar refractivity (Wildman–Crippen MR) is 93.4 cm³/mol. The Labute approximate surface area is 156 Å². The molecule has 0 fully saturated rings. The van der Waals surface area contributed by atoms with Gasteiger partial charge in [-0.05, 0) is 36.8 Å². The molecule has 0 aliphatic carbocycles. The largest absolute Gasteiger partial charge is 0.513 e. The Balaban J connectivity index is 2.73. The number of carbonyl (C=O) groups is 1. The number of halogens is 3. The molecule has 0 aliphatic heterocycles. The molecule has 7 nitrogen and oxygen atoms in total. The number of benzene rings is 1. The fraction of sp³-hybridized carbons (Fsp3) is 0.417. The van der Waals surface area contributed by atoms with Gasteiger partial charge in [0.15, 0.2) is 0 Å². The molecule has 0 heterocycles. The van der Waals surface area contributed by atoms with Crippen molar-refractivity contribution in [3.63, 3.8) is 0 Å². The van der Waals surface area contributed by atoms with Crippen LogP contribution in [0.4, 0.5) is 4.79 Å². The van der Waals surface area contributed by atoms with Crippen LogP contribution in [0.15, 0.2) is 29.2 Å². The maximum atomic E-state index is 11.4. The number of alkyl halides is 3. The average Bonchev–Trinajstić information content (AvgIpc) is 2.44. The molecule has 1 rings (SSSR count). The second-order valence-corrected chi connectivity index (χ2v) is 11.8. The third-order valence-corrected chi connectivity index (χ3v) is 6.57. The maximum absolute atomic E-state index is 11.4. The van der Waals surface area contributed by atoms with E-state index in [1.54, 1.807) is 24.6 Å². The minimum absolute atomic E-state index is 0.165. The minimum atomic E-state index is -4.08. The normalized spacial score (nSPS) is 13.4. The first-order valence-electron chi connectivity index (χ1n) is 6.11. The molecule has 0 aromatic heterocycles. The summed E-state index contributed by atoms with van der Waals surface area (Å²) in [7, 11) is -5.22. The molecule has 24 heavy (non-hydrogen) atoms. The number of ether oxygens (including phenoxy) is 2. The molecule has 0 spiro atoms. The molecular weight excluding hydrogens is 427 g/mol. The quantitative estimate of drug-likeness (QED) is 0.377. The zero-order chi connectivity index (χ0) is 18.6. The molecule has 0 unspecified atom stereocenters. The molecule has 0 saturated heterocycles. The summed E-state index contributed by atoms with van der Waals surface area (Å²) in [6.45, 7) is -0.464. The second-order valence-electron chi connectivity index (χ2n) is 4.60. The van der Waals surface area contributed by atoms with Crippen molar-refractivity contribution in [1.82, 2.24) is 0 Å². The summed E-state index contributed by atoms with van der Waals surface area (Å²) >= 11 is 16.3. The van der Waals surface area contributed by atoms with Crippen LogP contribution in [0.5, 0.6) is 5.75 Å². The van der Waals surface area contributed by atoms with Gasteiger partial charge in [0.2, 0.25) is 3.79 Å². The third-order valence-electron chi connectivity index (χ3n) is 2.40. The first kappa shape index (κ1) is 21.6. The molecule has 12 heteroatoms. The van der Waals surface area contributed by atoms with Crippen molar-refractivity contribution in [3.05, 3.63) is 24.3 Å². The zero-order valence-electron chi connectivity index (χ0n) is 12.8. The van der Waals surface area contributed by atoms with Crippen LogP contribution in [-0.2, 0) is 22.9 Å². The van der Waals surface area contributed by atoms with Crippen molar-refractivity contribution >= 4 is 61.7 Å². The highest BCUT2D eigenvalue weighted by molar-refractivity contribution is 8.31. The highest BCUT2D eigenvalue weighted by atomic mass is 35.6. The summed E-state index contributed by atoms with van der Waals surface area (Å²) in [6.07, 6.45) is 2.20. The molecule has 0 saturated carbocycles. The van der Waals surface area contributed by atoms with Crippen LogP contribution >= 0.6 is 45.1 Å². The Morgan fingerprint density at radius 2 is 1.67 bits per heavy atom. The fourth-order valence-corrected chi connectivity index (χ4v) is 4.54. The monoisotopic (exact) mass is 440 g/mol. The van der Waals surface area contributed by atoms with E-state index in [1.165, 1.54) is 12.1 Å². The van der Waals surface area contributed by atoms with Crippen molar-refractivity contribution in [3.8, 4) is 5.75 Å². The van der Waals surface area contributed by atoms with E-state index in [9.17, 15) is 13.2 Å². The Morgan fingerprint density at radius 1 is 1.12 bits per heavy atom. The van der Waals surface area contributed by atoms with E-state index >= 15 is 0 Å². The van der Waals surface area contributed by atoms with E-state index in [0.717, 1.165) is 7.11 Å². The summed E-state index contributed by atoms with van der Waals surface area (Å²) in [6, 6.07) is 6.00. The van der Waals surface area contributed by atoms with Crippen LogP contribution in [0.3, 0.4) is 0 Å². The van der Waals surface area contributed by atoms with Crippen molar-refractivity contribution in [2.75, 3.05) is 26.2 Å². The topological polar surface area (TPSA) is 88.1 Å². The van der Waals surface area contributed by atoms with Crippen LogP contribution < -0.4 is 4.74 Å². The molecule has 0 radical (unpaired) electrons. The van der Waals surface area contributed by atoms with Crippen molar-refractivity contribution < 1.29 is 30.5 Å². The Morgan fingerprint density at radius 3 is 2.12 bits per heavy atom. The Kier molecular flexibility index (Phi) is 7.48. The van der Waals surface area contributed by atoms with Crippen LogP contribution in [0, 0.1) is 0 Å². The van der Waals surface area contributed by atoms with Gasteiger partial charge >= 0.3 is 16.6 Å². The predicted octanol–water partition coefficient (Wildman–Crippen LogP) is 3.82. The molecule has 138 valence electrons. The lowest BCUT2D eigenvalue weighted by atomic mass is 10.3. The zero-order valence-corrected chi connectivity index (χ0v) is 16.7. The number of hydrogen-bond acceptors (Lipinski definition) is 7. The van der Waals surface area contributed by atoms with Gasteiger partial charge in [-0.3, -0.25) is 4.18 Å². The van der Waals surface area contributed by atoms with E-state index in [4.69, 9.17) is 43.2 Å². The van der Waals surface area contributed by atoms with Crippen LogP contribution in [0.1, 0.15) is 0 Å². The molecule has 1 aromatic carbocycles. The smallest absolute Gasteiger partial charge is 0.429 e. The third kappa shape index (κ3) is 7.64. The van der Waals surface area contributed by atoms with Gasteiger partial charge in [-0.15, -0.1) is 0 Å². The van der Waals surface area contributed by atoms with Gasteiger partial charge in [0.25, 0.3) is 0 Å². The summed E-state index contributed by atoms with van der Waals surface area (Å²) < 4.78 is 39.9. The summed E-state index contributed by atoms with van der Waals surface area (Å²) in [5.74, 6) is 0.165. The molecule has 0 bridgehead atoms. The average molecular weight is 442 g/mol. The SMILES string of the molecule is COS(=O)(=O)OS(C)(C)c1ccc(OC(=O)OCC(Cl)(Cl)Cl)cc1. The van der Waals surface area contributed by atoms with Gasteiger partial charge in [-0.25, -0.2) is 4.79 Å². The van der Waals surface area contributed by atoms with Crippen molar-refractivity contribution in [2.45, 2.75) is 8.69 Å². The first-order valence-corrected chi connectivity index (χ1v) is 11.0. The van der Waals surface area contributed by atoms with Gasteiger partial charge in [-0.2, -0.15) is 12.0 Å². The second kappa shape index (κ2) is 8.31. The summed E-state index contributed by atoms with van der Waals surface area (Å²) in [4.78, 5) is 12.0. The standard InChI is InChI=1S/C12H15Cl3O7S2/c1-19-24(17,18)22-23(2,3)10-6-4-9(5-7-10)21-11(16)20-8-12(13,14)15/h4-7H,8H2,1-3H3. The first-order chi connectivity index (χ1) is 10.8. The van der Waals surface area contributed by atoms with Gasteiger partial charge in [-0.1, -0.05) is 45.1 Å². The number of hydrogen-bond donors (Lipinski definition) is 0. The lowest BCUT2D eigenvalue weighted by molar-refractivity contribution is 0.101. The van der Waals surface area contributed by atoms with E-state index < -0.39 is 37.3 Å². The van der Waals surface area contributed by atoms with E-state index in [2.05, 4.69) is 8.92 Å². The summed E-state index contributed by atoms with van der Waals surface area (Å²) in [5.41, 5.74) is 0. The molecule has 0 N–H and O–H groups in total. The Bertz CT molecular complexity index is 669.